The summed E-state index contributed by atoms with van der Waals surface area (Å²) in [5.41, 5.74) is 2.86. The van der Waals surface area contributed by atoms with E-state index in [4.69, 9.17) is 5.11 Å². The fourth-order valence-electron chi connectivity index (χ4n) is 2.51. The lowest BCUT2D eigenvalue weighted by Crippen LogP contribution is -2.30. The second-order valence-corrected chi connectivity index (χ2v) is 5.43. The maximum atomic E-state index is 12.4. The lowest BCUT2D eigenvalue weighted by atomic mass is 9.99. The molecule has 1 aromatic rings. The van der Waals surface area contributed by atoms with Crippen LogP contribution in [0.1, 0.15) is 28.4 Å². The molecule has 0 saturated carbocycles. The monoisotopic (exact) mass is 261 g/mol. The number of benzene rings is 1. The van der Waals surface area contributed by atoms with Gasteiger partial charge in [-0.05, 0) is 43.0 Å². The van der Waals surface area contributed by atoms with Gasteiger partial charge in [0.1, 0.15) is 0 Å². The zero-order valence-electron chi connectivity index (χ0n) is 11.5. The number of hydrogen-bond donors (Lipinski definition) is 1. The number of carbonyl (C=O) groups is 2. The molecule has 4 nitrogen and oxygen atoms in total. The fourth-order valence-corrected chi connectivity index (χ4v) is 2.51. The summed E-state index contributed by atoms with van der Waals surface area (Å²) in [4.78, 5) is 25.1. The van der Waals surface area contributed by atoms with Crippen molar-refractivity contribution in [3.05, 3.63) is 34.9 Å². The predicted octanol–water partition coefficient (Wildman–Crippen LogP) is 2.10. The van der Waals surface area contributed by atoms with E-state index < -0.39 is 11.9 Å². The van der Waals surface area contributed by atoms with E-state index in [2.05, 4.69) is 0 Å². The first-order valence-electron chi connectivity index (χ1n) is 6.49. The van der Waals surface area contributed by atoms with E-state index in [-0.39, 0.29) is 11.8 Å². The minimum atomic E-state index is -0.817. The van der Waals surface area contributed by atoms with Gasteiger partial charge in [-0.2, -0.15) is 0 Å². The molecular formula is C15H19NO3. The standard InChI is InChI=1S/C15H19NO3/c1-9-4-5-12(6-10(9)2)14(17)16-7-11(3)13(8-16)15(18)19/h4-6,11,13H,7-8H2,1-3H3,(H,18,19). The Labute approximate surface area is 113 Å². The van der Waals surface area contributed by atoms with Crippen molar-refractivity contribution in [3.8, 4) is 0 Å². The van der Waals surface area contributed by atoms with Crippen LogP contribution in [0.4, 0.5) is 0 Å². The van der Waals surface area contributed by atoms with Gasteiger partial charge in [0.2, 0.25) is 0 Å². The number of aliphatic carboxylic acids is 1. The minimum absolute atomic E-state index is 0.00740. The van der Waals surface area contributed by atoms with E-state index in [0.717, 1.165) is 11.1 Å². The smallest absolute Gasteiger partial charge is 0.308 e. The Morgan fingerprint density at radius 1 is 1.21 bits per heavy atom. The number of carboxylic acid groups (broad SMARTS) is 1. The van der Waals surface area contributed by atoms with Crippen molar-refractivity contribution in [2.45, 2.75) is 20.8 Å². The Morgan fingerprint density at radius 3 is 2.42 bits per heavy atom. The molecule has 0 aliphatic carbocycles. The number of likely N-dealkylation sites (tertiary alicyclic amines) is 1. The van der Waals surface area contributed by atoms with Gasteiger partial charge in [0, 0.05) is 18.7 Å². The molecule has 4 heteroatoms. The van der Waals surface area contributed by atoms with Gasteiger partial charge in [-0.25, -0.2) is 0 Å². The fraction of sp³-hybridized carbons (Fsp3) is 0.467. The normalized spacial score (nSPS) is 22.6. The van der Waals surface area contributed by atoms with Crippen molar-refractivity contribution in [2.24, 2.45) is 11.8 Å². The summed E-state index contributed by atoms with van der Waals surface area (Å²) in [6.45, 7) is 6.68. The highest BCUT2D eigenvalue weighted by Gasteiger charge is 2.37. The number of amides is 1. The highest BCUT2D eigenvalue weighted by molar-refractivity contribution is 5.95. The van der Waals surface area contributed by atoms with Crippen LogP contribution < -0.4 is 0 Å². The first-order chi connectivity index (χ1) is 8.90. The first kappa shape index (κ1) is 13.6. The molecule has 1 fully saturated rings. The average Bonchev–Trinajstić information content (AvgIpc) is 2.74. The van der Waals surface area contributed by atoms with Gasteiger partial charge in [-0.3, -0.25) is 9.59 Å². The molecule has 1 aromatic carbocycles. The van der Waals surface area contributed by atoms with Crippen LogP contribution in [0.5, 0.6) is 0 Å². The van der Waals surface area contributed by atoms with Crippen molar-refractivity contribution in [1.29, 1.82) is 0 Å². The van der Waals surface area contributed by atoms with Crippen LogP contribution in [0.2, 0.25) is 0 Å². The van der Waals surface area contributed by atoms with E-state index in [1.807, 2.05) is 39.0 Å². The summed E-state index contributed by atoms with van der Waals surface area (Å²) in [5, 5.41) is 9.10. The predicted molar refractivity (Wildman–Crippen MR) is 72.1 cm³/mol. The summed E-state index contributed by atoms with van der Waals surface area (Å²) in [6, 6.07) is 5.61. The van der Waals surface area contributed by atoms with Crippen molar-refractivity contribution < 1.29 is 14.7 Å². The maximum absolute atomic E-state index is 12.4. The molecule has 0 radical (unpaired) electrons. The van der Waals surface area contributed by atoms with Gasteiger partial charge >= 0.3 is 5.97 Å². The molecule has 2 atom stereocenters. The van der Waals surface area contributed by atoms with E-state index in [9.17, 15) is 9.59 Å². The Hall–Kier alpha value is -1.84. The Morgan fingerprint density at radius 2 is 1.89 bits per heavy atom. The van der Waals surface area contributed by atoms with Crippen molar-refractivity contribution >= 4 is 11.9 Å². The third-order valence-corrected chi connectivity index (χ3v) is 3.97. The quantitative estimate of drug-likeness (QED) is 0.887. The van der Waals surface area contributed by atoms with Crippen LogP contribution in [0.25, 0.3) is 0 Å². The van der Waals surface area contributed by atoms with Gasteiger partial charge in [-0.1, -0.05) is 13.0 Å². The van der Waals surface area contributed by atoms with Crippen LogP contribution in [-0.4, -0.2) is 35.0 Å². The minimum Gasteiger partial charge on any atom is -0.481 e. The molecule has 2 unspecified atom stereocenters. The van der Waals surface area contributed by atoms with Crippen LogP contribution in [0.15, 0.2) is 18.2 Å². The summed E-state index contributed by atoms with van der Waals surface area (Å²) in [6.07, 6.45) is 0. The molecule has 1 aliphatic rings. The van der Waals surface area contributed by atoms with Gasteiger partial charge in [0.05, 0.1) is 5.92 Å². The lowest BCUT2D eigenvalue weighted by molar-refractivity contribution is -0.142. The van der Waals surface area contributed by atoms with Gasteiger partial charge in [0.25, 0.3) is 5.91 Å². The zero-order chi connectivity index (χ0) is 14.2. The van der Waals surface area contributed by atoms with Crippen molar-refractivity contribution in [3.63, 3.8) is 0 Å². The van der Waals surface area contributed by atoms with Crippen molar-refractivity contribution in [2.75, 3.05) is 13.1 Å². The number of aryl methyl sites for hydroxylation is 2. The topological polar surface area (TPSA) is 57.6 Å². The van der Waals surface area contributed by atoms with E-state index in [1.165, 1.54) is 0 Å². The molecule has 1 heterocycles. The number of hydrogen-bond acceptors (Lipinski definition) is 2. The Balaban J connectivity index is 2.17. The molecular weight excluding hydrogens is 242 g/mol. The molecule has 1 N–H and O–H groups in total. The largest absolute Gasteiger partial charge is 0.481 e. The van der Waals surface area contributed by atoms with Gasteiger partial charge in [-0.15, -0.1) is 0 Å². The van der Waals surface area contributed by atoms with Crippen LogP contribution >= 0.6 is 0 Å². The van der Waals surface area contributed by atoms with Crippen LogP contribution in [0, 0.1) is 25.7 Å². The average molecular weight is 261 g/mol. The van der Waals surface area contributed by atoms with E-state index >= 15 is 0 Å². The maximum Gasteiger partial charge on any atom is 0.308 e. The molecule has 1 amide bonds. The van der Waals surface area contributed by atoms with Crippen LogP contribution in [-0.2, 0) is 4.79 Å². The summed E-state index contributed by atoms with van der Waals surface area (Å²) in [7, 11) is 0. The lowest BCUT2D eigenvalue weighted by Gasteiger charge is -2.16. The number of nitrogens with zero attached hydrogens (tertiary/aromatic N) is 1. The molecule has 19 heavy (non-hydrogen) atoms. The highest BCUT2D eigenvalue weighted by Crippen LogP contribution is 2.25. The molecule has 0 spiro atoms. The zero-order valence-corrected chi connectivity index (χ0v) is 11.5. The summed E-state index contributed by atoms with van der Waals surface area (Å²) >= 11 is 0. The van der Waals surface area contributed by atoms with Gasteiger partial charge < -0.3 is 10.0 Å². The molecule has 1 saturated heterocycles. The summed E-state index contributed by atoms with van der Waals surface area (Å²) < 4.78 is 0. The molecule has 0 bridgehead atoms. The number of rotatable bonds is 2. The molecule has 1 aliphatic heterocycles. The van der Waals surface area contributed by atoms with Crippen molar-refractivity contribution in [1.82, 2.24) is 4.90 Å². The number of carbonyl (C=O) groups excluding carboxylic acids is 1. The second kappa shape index (κ2) is 5.03. The Kier molecular flexibility index (Phi) is 3.60. The van der Waals surface area contributed by atoms with Crippen LogP contribution in [0.3, 0.4) is 0 Å². The molecule has 0 aromatic heterocycles. The third kappa shape index (κ3) is 2.62. The SMILES string of the molecule is Cc1ccc(C(=O)N2CC(C)C(C(=O)O)C2)cc1C. The molecule has 2 rings (SSSR count). The summed E-state index contributed by atoms with van der Waals surface area (Å²) in [5.74, 6) is -1.33. The first-order valence-corrected chi connectivity index (χ1v) is 6.49. The van der Waals surface area contributed by atoms with Gasteiger partial charge in [0.15, 0.2) is 0 Å². The third-order valence-electron chi connectivity index (χ3n) is 3.97. The number of carboxylic acids is 1. The highest BCUT2D eigenvalue weighted by atomic mass is 16.4. The Bertz CT molecular complexity index is 524. The van der Waals surface area contributed by atoms with E-state index in [0.29, 0.717) is 18.7 Å². The second-order valence-electron chi connectivity index (χ2n) is 5.43. The molecule has 102 valence electrons. The van der Waals surface area contributed by atoms with E-state index in [1.54, 1.807) is 4.90 Å².